The van der Waals surface area contributed by atoms with Crippen molar-refractivity contribution in [3.63, 3.8) is 0 Å². The van der Waals surface area contributed by atoms with Gasteiger partial charge >= 0.3 is 12.1 Å². The molecule has 31 heavy (non-hydrogen) atoms. The van der Waals surface area contributed by atoms with Crippen molar-refractivity contribution in [2.75, 3.05) is 18.4 Å². The quantitative estimate of drug-likeness (QED) is 0.576. The Bertz CT molecular complexity index is 1050. The molecule has 0 bridgehead atoms. The van der Waals surface area contributed by atoms with Gasteiger partial charge in [-0.15, -0.1) is 0 Å². The number of hydrogen-bond acceptors (Lipinski definition) is 7. The first-order valence-corrected chi connectivity index (χ1v) is 9.55. The summed E-state index contributed by atoms with van der Waals surface area (Å²) < 4.78 is 31.7. The number of anilines is 1. The third-order valence-corrected chi connectivity index (χ3v) is 4.62. The molecule has 3 heterocycles. The molecular weight excluding hydrogens is 413 g/mol. The molecule has 0 saturated carbocycles. The molecule has 3 N–H and O–H groups in total. The molecule has 2 aromatic heterocycles. The molecule has 1 aliphatic rings. The summed E-state index contributed by atoms with van der Waals surface area (Å²) in [5, 5.41) is 14.0. The van der Waals surface area contributed by atoms with Crippen molar-refractivity contribution in [3.05, 3.63) is 42.5 Å². The highest BCUT2D eigenvalue weighted by Crippen LogP contribution is 2.26. The fourth-order valence-corrected chi connectivity index (χ4v) is 3.14. The lowest BCUT2D eigenvalue weighted by atomic mass is 10.0. The van der Waals surface area contributed by atoms with Gasteiger partial charge in [0.25, 0.3) is 0 Å². The molecule has 1 fully saturated rings. The summed E-state index contributed by atoms with van der Waals surface area (Å²) in [7, 11) is 0. The van der Waals surface area contributed by atoms with Crippen molar-refractivity contribution >= 4 is 22.8 Å². The average Bonchev–Trinajstić information content (AvgIpc) is 2.74. The van der Waals surface area contributed by atoms with Crippen LogP contribution in [0, 0.1) is 6.92 Å². The summed E-state index contributed by atoms with van der Waals surface area (Å²) >= 11 is 0. The van der Waals surface area contributed by atoms with E-state index in [1.54, 1.807) is 24.8 Å². The van der Waals surface area contributed by atoms with Crippen LogP contribution in [-0.4, -0.2) is 56.3 Å². The first-order chi connectivity index (χ1) is 14.7. The third kappa shape index (κ3) is 6.07. The number of hydrogen-bond donors (Lipinski definition) is 3. The van der Waals surface area contributed by atoms with Gasteiger partial charge in [0.05, 0.1) is 29.1 Å². The number of halogens is 3. The molecule has 8 nitrogen and oxygen atoms in total. The number of alkyl halides is 3. The Balaban J connectivity index is 0.000000339. The number of aliphatic carboxylic acids is 1. The van der Waals surface area contributed by atoms with Gasteiger partial charge in [0, 0.05) is 30.5 Å². The summed E-state index contributed by atoms with van der Waals surface area (Å²) in [5.41, 5.74) is 4.78. The van der Waals surface area contributed by atoms with Crippen molar-refractivity contribution in [3.8, 4) is 11.3 Å². The Labute approximate surface area is 176 Å². The summed E-state index contributed by atoms with van der Waals surface area (Å²) in [4.78, 5) is 26.8. The summed E-state index contributed by atoms with van der Waals surface area (Å²) in [6.45, 7) is 4.13. The van der Waals surface area contributed by atoms with Gasteiger partial charge in [0.2, 0.25) is 0 Å². The Morgan fingerprint density at radius 2 is 1.87 bits per heavy atom. The Kier molecular flexibility index (Phi) is 6.95. The van der Waals surface area contributed by atoms with E-state index < -0.39 is 12.1 Å². The molecule has 0 radical (unpaired) electrons. The number of nitrogens with one attached hydrogen (secondary N) is 2. The minimum Gasteiger partial charge on any atom is -0.475 e. The van der Waals surface area contributed by atoms with Gasteiger partial charge in [-0.3, -0.25) is 15.0 Å². The lowest BCUT2D eigenvalue weighted by molar-refractivity contribution is -0.192. The Hall–Kier alpha value is -3.34. The molecular formula is C20H21F3N6O2. The van der Waals surface area contributed by atoms with Gasteiger partial charge in [0.1, 0.15) is 5.82 Å². The van der Waals surface area contributed by atoms with Crippen molar-refractivity contribution in [2.24, 2.45) is 0 Å². The molecule has 0 amide bonds. The van der Waals surface area contributed by atoms with E-state index in [1.807, 2.05) is 12.1 Å². The van der Waals surface area contributed by atoms with Crippen molar-refractivity contribution in [2.45, 2.75) is 32.0 Å². The number of fused-ring (bicyclic) bond motifs is 1. The predicted molar refractivity (Wildman–Crippen MR) is 109 cm³/mol. The van der Waals surface area contributed by atoms with E-state index in [9.17, 15) is 13.2 Å². The first kappa shape index (κ1) is 22.3. The molecule has 1 aliphatic heterocycles. The second kappa shape index (κ2) is 9.65. The minimum absolute atomic E-state index is 0.409. The van der Waals surface area contributed by atoms with Gasteiger partial charge in [0.15, 0.2) is 0 Å². The van der Waals surface area contributed by atoms with E-state index in [4.69, 9.17) is 14.9 Å². The number of carbonyl (C=O) groups is 1. The molecule has 1 unspecified atom stereocenters. The average molecular weight is 434 g/mol. The molecule has 1 saturated heterocycles. The number of benzene rings is 1. The molecule has 4 rings (SSSR count). The number of carboxylic acids is 1. The fourth-order valence-electron chi connectivity index (χ4n) is 3.14. The number of rotatable bonds is 3. The van der Waals surface area contributed by atoms with Crippen molar-refractivity contribution < 1.29 is 23.1 Å². The Morgan fingerprint density at radius 1 is 1.19 bits per heavy atom. The smallest absolute Gasteiger partial charge is 0.475 e. The van der Waals surface area contributed by atoms with Crippen molar-refractivity contribution in [1.82, 2.24) is 25.3 Å². The summed E-state index contributed by atoms with van der Waals surface area (Å²) in [6.07, 6.45) is 4.27. The molecule has 0 aliphatic carbocycles. The maximum Gasteiger partial charge on any atom is 0.490 e. The van der Waals surface area contributed by atoms with Crippen LogP contribution in [0.5, 0.6) is 0 Å². The second-order valence-electron chi connectivity index (χ2n) is 6.99. The van der Waals surface area contributed by atoms with Crippen LogP contribution in [0.1, 0.15) is 18.4 Å². The van der Waals surface area contributed by atoms with Gasteiger partial charge in [-0.25, -0.2) is 9.78 Å². The predicted octanol–water partition coefficient (Wildman–Crippen LogP) is 3.19. The standard InChI is InChI=1S/C18H20N6.C2HF3O2/c1-12-7-15-16(22-6-5-21-15)8-14(12)17-10-20-11-18(24-17)23-13-3-2-4-19-9-13;3-2(4,5)1(6)7/h5-8,10-11,13,19H,2-4,9H2,1H3,(H,23,24);(H,6,7). The number of aryl methyl sites for hydroxylation is 1. The van der Waals surface area contributed by atoms with Crippen LogP contribution in [0.25, 0.3) is 22.3 Å². The van der Waals surface area contributed by atoms with E-state index in [-0.39, 0.29) is 0 Å². The monoisotopic (exact) mass is 434 g/mol. The number of carboxylic acid groups (broad SMARTS) is 1. The highest BCUT2D eigenvalue weighted by atomic mass is 19.4. The van der Waals surface area contributed by atoms with Gasteiger partial charge in [-0.05, 0) is 44.0 Å². The number of piperidine rings is 1. The van der Waals surface area contributed by atoms with Crippen molar-refractivity contribution in [1.29, 1.82) is 0 Å². The normalized spacial score (nSPS) is 16.3. The molecule has 0 spiro atoms. The summed E-state index contributed by atoms with van der Waals surface area (Å²) in [6, 6.07) is 4.49. The van der Waals surface area contributed by atoms with E-state index in [0.717, 1.165) is 53.2 Å². The zero-order valence-corrected chi connectivity index (χ0v) is 16.6. The number of aromatic nitrogens is 4. The maximum atomic E-state index is 10.6. The zero-order chi connectivity index (χ0) is 22.4. The van der Waals surface area contributed by atoms with Crippen LogP contribution in [0.4, 0.5) is 19.0 Å². The van der Waals surface area contributed by atoms with Gasteiger partial charge < -0.3 is 15.7 Å². The minimum atomic E-state index is -5.08. The highest BCUT2D eigenvalue weighted by molar-refractivity contribution is 5.82. The van der Waals surface area contributed by atoms with Crippen LogP contribution in [0.15, 0.2) is 36.9 Å². The lowest BCUT2D eigenvalue weighted by Crippen LogP contribution is -2.38. The molecule has 11 heteroatoms. The zero-order valence-electron chi connectivity index (χ0n) is 16.6. The Morgan fingerprint density at radius 3 is 2.48 bits per heavy atom. The maximum absolute atomic E-state index is 10.6. The van der Waals surface area contributed by atoms with E-state index >= 15 is 0 Å². The van der Waals surface area contributed by atoms with E-state index in [0.29, 0.717) is 6.04 Å². The van der Waals surface area contributed by atoms with Crippen LogP contribution in [0.3, 0.4) is 0 Å². The van der Waals surface area contributed by atoms with Crippen LogP contribution >= 0.6 is 0 Å². The van der Waals surface area contributed by atoms with Crippen LogP contribution in [-0.2, 0) is 4.79 Å². The topological polar surface area (TPSA) is 113 Å². The molecule has 164 valence electrons. The van der Waals surface area contributed by atoms with Gasteiger partial charge in [-0.1, -0.05) is 0 Å². The first-order valence-electron chi connectivity index (χ1n) is 9.55. The van der Waals surface area contributed by atoms with E-state index in [2.05, 4.69) is 32.5 Å². The molecule has 3 aromatic rings. The lowest BCUT2D eigenvalue weighted by Gasteiger charge is -2.24. The fraction of sp³-hybridized carbons (Fsp3) is 0.350. The highest BCUT2D eigenvalue weighted by Gasteiger charge is 2.38. The third-order valence-electron chi connectivity index (χ3n) is 4.62. The van der Waals surface area contributed by atoms with Crippen LogP contribution < -0.4 is 10.6 Å². The number of nitrogens with zero attached hydrogens (tertiary/aromatic N) is 4. The SMILES string of the molecule is Cc1cc2nccnc2cc1-c1cncc(NC2CCCNC2)n1.O=C(O)C(F)(F)F. The molecule has 1 atom stereocenters. The largest absolute Gasteiger partial charge is 0.490 e. The van der Waals surface area contributed by atoms with Crippen LogP contribution in [0.2, 0.25) is 0 Å². The van der Waals surface area contributed by atoms with E-state index in [1.165, 1.54) is 6.42 Å². The second-order valence-corrected chi connectivity index (χ2v) is 6.99. The van der Waals surface area contributed by atoms with Gasteiger partial charge in [-0.2, -0.15) is 13.2 Å². The molecule has 1 aromatic carbocycles. The summed E-state index contributed by atoms with van der Waals surface area (Å²) in [5.74, 6) is -1.94.